The quantitative estimate of drug-likeness (QED) is 0.0883. The summed E-state index contributed by atoms with van der Waals surface area (Å²) in [5, 5.41) is 1.40. The van der Waals surface area contributed by atoms with Gasteiger partial charge in [0.1, 0.15) is 61.4 Å². The highest BCUT2D eigenvalue weighted by Crippen LogP contribution is 2.46. The number of benzene rings is 2. The maximum absolute atomic E-state index is 17.8. The first kappa shape index (κ1) is 40.6. The van der Waals surface area contributed by atoms with Crippen LogP contribution in [0.2, 0.25) is 16.6 Å². The average molecular weight is 816 g/mol. The van der Waals surface area contributed by atoms with E-state index in [0.29, 0.717) is 76.0 Å². The molecule has 2 aromatic carbocycles. The van der Waals surface area contributed by atoms with Crippen molar-refractivity contribution in [2.45, 2.75) is 121 Å². The minimum Gasteiger partial charge on any atom is -0.475 e. The Balaban J connectivity index is 1.36. The van der Waals surface area contributed by atoms with Crippen LogP contribution < -0.4 is 19.1 Å². The lowest BCUT2D eigenvalue weighted by Crippen LogP contribution is -2.43. The Labute approximate surface area is 341 Å². The predicted molar refractivity (Wildman–Crippen MR) is 224 cm³/mol. The monoisotopic (exact) mass is 815 g/mol. The van der Waals surface area contributed by atoms with Crippen LogP contribution in [-0.2, 0) is 4.74 Å². The van der Waals surface area contributed by atoms with Crippen LogP contribution in [0.5, 0.6) is 17.6 Å². The second kappa shape index (κ2) is 16.1. The minimum absolute atomic E-state index is 0.00767. The third kappa shape index (κ3) is 7.06. The summed E-state index contributed by atoms with van der Waals surface area (Å²) in [6, 6.07) is 6.52. The van der Waals surface area contributed by atoms with Crippen molar-refractivity contribution in [1.29, 1.82) is 0 Å². The highest BCUT2D eigenvalue weighted by Gasteiger charge is 2.49. The lowest BCUT2D eigenvalue weighted by Gasteiger charge is -2.38. The van der Waals surface area contributed by atoms with Crippen LogP contribution in [-0.4, -0.2) is 92.4 Å². The van der Waals surface area contributed by atoms with Gasteiger partial charge < -0.3 is 23.8 Å². The van der Waals surface area contributed by atoms with Gasteiger partial charge in [0.2, 0.25) is 5.88 Å². The van der Waals surface area contributed by atoms with E-state index in [-0.39, 0.29) is 48.1 Å². The van der Waals surface area contributed by atoms with E-state index in [2.05, 4.69) is 62.8 Å². The summed E-state index contributed by atoms with van der Waals surface area (Å²) in [4.78, 5) is 19.0. The molecule has 0 radical (unpaired) electrons. The molecule has 0 bridgehead atoms. The Hall–Kier alpha value is -4.12. The molecule has 4 aromatic rings. The standard InChI is InChI=1S/C45H56F3N5O4Si/c1-27(2)58(28(3)4,29(5)6)19-15-34-36(47)14-13-30-20-33(57-26-54-7)21-35(37(30)34)40-39(48)41-38-42(53-18-10-8-9-12-32(53)24-55-43(38)49-40)51-44(50-41)56-25-45-16-11-17-52(45)23-31(46)22-45/h13-14,20-21,27-29,31-32H,8-12,16-18,22-26H2,1-7H3/t31-,32+,45+/m1/s1. The molecule has 0 spiro atoms. The number of nitrogens with zero attached hydrogens (tertiary/aromatic N) is 5. The van der Waals surface area contributed by atoms with E-state index < -0.39 is 31.4 Å². The van der Waals surface area contributed by atoms with Crippen molar-refractivity contribution in [2.75, 3.05) is 51.7 Å². The topological polar surface area (TPSA) is 82.1 Å². The molecule has 0 N–H and O–H groups in total. The third-order valence-electron chi connectivity index (χ3n) is 13.4. The smallest absolute Gasteiger partial charge is 0.319 e. The molecule has 4 aliphatic heterocycles. The lowest BCUT2D eigenvalue weighted by molar-refractivity contribution is 0.0512. The van der Waals surface area contributed by atoms with Gasteiger partial charge in [-0.3, -0.25) is 4.90 Å². The van der Waals surface area contributed by atoms with Crippen molar-refractivity contribution in [2.24, 2.45) is 0 Å². The third-order valence-corrected chi connectivity index (χ3v) is 19.7. The van der Waals surface area contributed by atoms with E-state index in [4.69, 9.17) is 33.9 Å². The number of aromatic nitrogens is 3. The van der Waals surface area contributed by atoms with Crippen LogP contribution in [0.15, 0.2) is 24.3 Å². The maximum atomic E-state index is 17.8. The van der Waals surface area contributed by atoms with Crippen molar-refractivity contribution in [3.63, 3.8) is 0 Å². The number of methoxy groups -OCH3 is 1. The van der Waals surface area contributed by atoms with Gasteiger partial charge in [0.25, 0.3) is 0 Å². The molecular formula is C45H56F3N5O4Si. The SMILES string of the molecule is COCOc1cc(-c2nc3c4c(nc(OC[C@@]56CCCN5C[C@H](F)C6)nc4c2F)N2CCCCC[C@H]2CO3)c2c(C#C[Si](C(C)C)(C(C)C)C(C)C)c(F)ccc2c1. The van der Waals surface area contributed by atoms with Crippen LogP contribution in [0.3, 0.4) is 0 Å². The van der Waals surface area contributed by atoms with E-state index in [0.717, 1.165) is 45.1 Å². The molecule has 0 aliphatic carbocycles. The van der Waals surface area contributed by atoms with Gasteiger partial charge in [-0.2, -0.15) is 9.97 Å². The summed E-state index contributed by atoms with van der Waals surface area (Å²) in [7, 11) is -0.784. The first-order valence-corrected chi connectivity index (χ1v) is 23.3. The predicted octanol–water partition coefficient (Wildman–Crippen LogP) is 9.77. The van der Waals surface area contributed by atoms with Gasteiger partial charge in [-0.1, -0.05) is 66.4 Å². The van der Waals surface area contributed by atoms with Crippen LogP contribution in [0.25, 0.3) is 32.9 Å². The Morgan fingerprint density at radius 2 is 1.74 bits per heavy atom. The molecule has 0 amide bonds. The molecule has 310 valence electrons. The molecule has 2 aromatic heterocycles. The van der Waals surface area contributed by atoms with Crippen LogP contribution in [0.4, 0.5) is 19.0 Å². The number of anilines is 1. The number of ether oxygens (including phenoxy) is 4. The molecule has 9 nitrogen and oxygen atoms in total. The first-order valence-electron chi connectivity index (χ1n) is 21.1. The summed E-state index contributed by atoms with van der Waals surface area (Å²) < 4.78 is 73.0. The number of fused-ring (bicyclic) bond motifs is 4. The van der Waals surface area contributed by atoms with E-state index in [1.54, 1.807) is 18.2 Å². The summed E-state index contributed by atoms with van der Waals surface area (Å²) in [6.45, 7) is 15.7. The van der Waals surface area contributed by atoms with Gasteiger partial charge in [-0.05, 0) is 72.4 Å². The molecule has 3 atom stereocenters. The van der Waals surface area contributed by atoms with Gasteiger partial charge in [0.05, 0.1) is 17.1 Å². The molecule has 3 saturated heterocycles. The van der Waals surface area contributed by atoms with Gasteiger partial charge in [0.15, 0.2) is 12.6 Å². The Bertz CT molecular complexity index is 2240. The number of rotatable bonds is 10. The number of pyridine rings is 1. The van der Waals surface area contributed by atoms with E-state index in [9.17, 15) is 4.39 Å². The number of hydrogen-bond donors (Lipinski definition) is 0. The second-order valence-corrected chi connectivity index (χ2v) is 23.3. The zero-order valence-corrected chi connectivity index (χ0v) is 35.9. The molecular weight excluding hydrogens is 760 g/mol. The average Bonchev–Trinajstić information content (AvgIpc) is 3.54. The molecule has 4 aliphatic rings. The fourth-order valence-corrected chi connectivity index (χ4v) is 15.9. The Morgan fingerprint density at radius 3 is 2.50 bits per heavy atom. The molecule has 8 rings (SSSR count). The zero-order chi connectivity index (χ0) is 40.9. The van der Waals surface area contributed by atoms with E-state index >= 15 is 8.78 Å². The zero-order valence-electron chi connectivity index (χ0n) is 34.9. The van der Waals surface area contributed by atoms with Gasteiger partial charge in [-0.25, -0.2) is 18.2 Å². The van der Waals surface area contributed by atoms with Gasteiger partial charge in [0, 0.05) is 37.6 Å². The summed E-state index contributed by atoms with van der Waals surface area (Å²) in [5.74, 6) is 3.23. The fraction of sp³-hybridized carbons (Fsp3) is 0.578. The number of halogens is 3. The van der Waals surface area contributed by atoms with Crippen molar-refractivity contribution >= 4 is 35.6 Å². The molecule has 0 saturated carbocycles. The van der Waals surface area contributed by atoms with Crippen LogP contribution in [0, 0.1) is 23.1 Å². The highest BCUT2D eigenvalue weighted by molar-refractivity contribution is 6.90. The Morgan fingerprint density at radius 1 is 0.948 bits per heavy atom. The Kier molecular flexibility index (Phi) is 11.3. The maximum Gasteiger partial charge on any atom is 0.319 e. The van der Waals surface area contributed by atoms with Crippen molar-refractivity contribution in [3.8, 4) is 40.4 Å². The molecule has 0 unspecified atom stereocenters. The van der Waals surface area contributed by atoms with E-state index in [1.807, 2.05) is 0 Å². The second-order valence-electron chi connectivity index (χ2n) is 17.7. The van der Waals surface area contributed by atoms with Gasteiger partial charge >= 0.3 is 6.01 Å². The summed E-state index contributed by atoms with van der Waals surface area (Å²) >= 11 is 0. The van der Waals surface area contributed by atoms with Gasteiger partial charge in [-0.15, -0.1) is 5.54 Å². The molecule has 13 heteroatoms. The number of alkyl halides is 1. The largest absolute Gasteiger partial charge is 0.475 e. The molecule has 3 fully saturated rings. The number of hydrogen-bond acceptors (Lipinski definition) is 9. The van der Waals surface area contributed by atoms with Crippen molar-refractivity contribution < 1.29 is 32.1 Å². The minimum atomic E-state index is -2.31. The normalized spacial score (nSPS) is 22.2. The lowest BCUT2D eigenvalue weighted by atomic mass is 9.95. The van der Waals surface area contributed by atoms with Crippen LogP contribution in [0.1, 0.15) is 92.1 Å². The fourth-order valence-electron chi connectivity index (χ4n) is 10.6. The van der Waals surface area contributed by atoms with Crippen LogP contribution >= 0.6 is 0 Å². The van der Waals surface area contributed by atoms with E-state index in [1.165, 1.54) is 13.2 Å². The summed E-state index contributed by atoms with van der Waals surface area (Å²) in [6.07, 6.45) is 5.15. The molecule has 58 heavy (non-hydrogen) atoms. The van der Waals surface area contributed by atoms with Crippen molar-refractivity contribution in [3.05, 3.63) is 41.5 Å². The highest BCUT2D eigenvalue weighted by atomic mass is 28.3. The first-order chi connectivity index (χ1) is 27.9. The molecule has 6 heterocycles. The summed E-state index contributed by atoms with van der Waals surface area (Å²) in [5.41, 5.74) is 4.58. The van der Waals surface area contributed by atoms with Crippen molar-refractivity contribution in [1.82, 2.24) is 19.9 Å².